The van der Waals surface area contributed by atoms with E-state index in [1.54, 1.807) is 0 Å². The monoisotopic (exact) mass is 187 g/mol. The Bertz CT molecular complexity index is 139. The number of rotatable bonds is 5. The van der Waals surface area contributed by atoms with Gasteiger partial charge in [-0.2, -0.15) is 0 Å². The van der Waals surface area contributed by atoms with E-state index in [0.29, 0.717) is 5.92 Å². The van der Waals surface area contributed by atoms with Gasteiger partial charge in [0.1, 0.15) is 0 Å². The molecule has 0 bridgehead atoms. The summed E-state index contributed by atoms with van der Waals surface area (Å²) in [6.07, 6.45) is 1.75. The van der Waals surface area contributed by atoms with Gasteiger partial charge in [0.2, 0.25) is 0 Å². The van der Waals surface area contributed by atoms with Crippen molar-refractivity contribution < 1.29 is 5.11 Å². The molecule has 1 unspecified atom stereocenters. The average molecular weight is 187 g/mol. The van der Waals surface area contributed by atoms with Gasteiger partial charge >= 0.3 is 0 Å². The Labute approximate surface area is 82.9 Å². The summed E-state index contributed by atoms with van der Waals surface area (Å²) in [5, 5.41) is 10.2. The highest BCUT2D eigenvalue weighted by atomic mass is 16.3. The molecule has 0 aromatic heterocycles. The van der Waals surface area contributed by atoms with Crippen molar-refractivity contribution >= 4 is 0 Å². The molecule has 0 aliphatic carbocycles. The van der Waals surface area contributed by atoms with Crippen LogP contribution >= 0.6 is 0 Å². The van der Waals surface area contributed by atoms with Gasteiger partial charge in [-0.3, -0.25) is 0 Å². The predicted molar refractivity (Wildman–Crippen MR) is 57.8 cm³/mol. The maximum atomic E-state index is 10.2. The third kappa shape index (κ3) is 2.44. The lowest BCUT2D eigenvalue weighted by atomic mass is 9.80. The summed E-state index contributed by atoms with van der Waals surface area (Å²) in [7, 11) is 4.11. The third-order valence-electron chi connectivity index (χ3n) is 3.30. The molecule has 0 aliphatic heterocycles. The van der Waals surface area contributed by atoms with Crippen molar-refractivity contribution in [2.24, 2.45) is 5.92 Å². The number of aliphatic hydroxyl groups excluding tert-OH is 1. The first-order chi connectivity index (χ1) is 5.92. The van der Waals surface area contributed by atoms with Crippen LogP contribution in [0.1, 0.15) is 40.5 Å². The van der Waals surface area contributed by atoms with E-state index in [4.69, 9.17) is 0 Å². The lowest BCUT2D eigenvalue weighted by Gasteiger charge is -2.44. The molecule has 0 aromatic carbocycles. The van der Waals surface area contributed by atoms with Crippen LogP contribution in [0.5, 0.6) is 0 Å². The summed E-state index contributed by atoms with van der Waals surface area (Å²) < 4.78 is 0. The van der Waals surface area contributed by atoms with E-state index in [9.17, 15) is 5.11 Å². The second-order valence-electron chi connectivity index (χ2n) is 4.39. The third-order valence-corrected chi connectivity index (χ3v) is 3.30. The molecule has 0 rings (SSSR count). The Morgan fingerprint density at radius 2 is 1.54 bits per heavy atom. The van der Waals surface area contributed by atoms with Gasteiger partial charge in [0.25, 0.3) is 0 Å². The Balaban J connectivity index is 4.75. The van der Waals surface area contributed by atoms with Crippen molar-refractivity contribution in [1.82, 2.24) is 4.90 Å². The van der Waals surface area contributed by atoms with Gasteiger partial charge in [-0.15, -0.1) is 0 Å². The van der Waals surface area contributed by atoms with Gasteiger partial charge < -0.3 is 10.0 Å². The number of likely N-dealkylation sites (N-methyl/N-ethyl adjacent to an activating group) is 1. The SMILES string of the molecule is CCC(CC)(C(O)C(C)C)N(C)C. The molecular weight excluding hydrogens is 162 g/mol. The predicted octanol–water partition coefficient (Wildman–Crippen LogP) is 2.12. The first-order valence-corrected chi connectivity index (χ1v) is 5.27. The molecule has 1 N–H and O–H groups in total. The summed E-state index contributed by atoms with van der Waals surface area (Å²) in [5.41, 5.74) is -0.0475. The normalized spacial score (nSPS) is 15.5. The minimum atomic E-state index is -0.238. The fourth-order valence-electron chi connectivity index (χ4n) is 2.19. The first-order valence-electron chi connectivity index (χ1n) is 5.27. The maximum absolute atomic E-state index is 10.2. The van der Waals surface area contributed by atoms with Crippen LogP contribution in [-0.2, 0) is 0 Å². The molecule has 2 nitrogen and oxygen atoms in total. The molecule has 1 atom stereocenters. The van der Waals surface area contributed by atoms with Gasteiger partial charge in [-0.05, 0) is 32.9 Å². The van der Waals surface area contributed by atoms with Crippen molar-refractivity contribution in [2.75, 3.05) is 14.1 Å². The van der Waals surface area contributed by atoms with Crippen LogP contribution in [0.25, 0.3) is 0 Å². The van der Waals surface area contributed by atoms with Crippen molar-refractivity contribution in [3.05, 3.63) is 0 Å². The van der Waals surface area contributed by atoms with E-state index in [0.717, 1.165) is 12.8 Å². The largest absolute Gasteiger partial charge is 0.391 e. The van der Waals surface area contributed by atoms with E-state index >= 15 is 0 Å². The number of aliphatic hydroxyl groups is 1. The molecule has 0 fully saturated rings. The van der Waals surface area contributed by atoms with E-state index in [2.05, 4.69) is 46.7 Å². The highest BCUT2D eigenvalue weighted by molar-refractivity contribution is 4.93. The Kier molecular flexibility index (Phi) is 4.93. The lowest BCUT2D eigenvalue weighted by molar-refractivity contribution is -0.0387. The summed E-state index contributed by atoms with van der Waals surface area (Å²) in [6, 6.07) is 0. The maximum Gasteiger partial charge on any atom is 0.0746 e. The topological polar surface area (TPSA) is 23.5 Å². The molecule has 0 heterocycles. The molecule has 0 saturated heterocycles. The molecule has 80 valence electrons. The fourth-order valence-corrected chi connectivity index (χ4v) is 2.19. The van der Waals surface area contributed by atoms with Crippen molar-refractivity contribution in [1.29, 1.82) is 0 Å². The van der Waals surface area contributed by atoms with Gasteiger partial charge in [-0.25, -0.2) is 0 Å². The van der Waals surface area contributed by atoms with Gasteiger partial charge in [-0.1, -0.05) is 27.7 Å². The molecule has 0 aromatic rings. The van der Waals surface area contributed by atoms with Crippen molar-refractivity contribution in [2.45, 2.75) is 52.2 Å². The molecular formula is C11H25NO. The summed E-state index contributed by atoms with van der Waals surface area (Å²) in [5.74, 6) is 0.322. The van der Waals surface area contributed by atoms with Crippen molar-refractivity contribution in [3.8, 4) is 0 Å². The Morgan fingerprint density at radius 1 is 1.15 bits per heavy atom. The van der Waals surface area contributed by atoms with Crippen LogP contribution in [0.15, 0.2) is 0 Å². The minimum Gasteiger partial charge on any atom is -0.391 e. The first kappa shape index (κ1) is 12.9. The zero-order valence-electron chi connectivity index (χ0n) is 9.96. The van der Waals surface area contributed by atoms with E-state index in [-0.39, 0.29) is 11.6 Å². The smallest absolute Gasteiger partial charge is 0.0746 e. The molecule has 0 amide bonds. The summed E-state index contributed by atoms with van der Waals surface area (Å²) in [6.45, 7) is 8.45. The van der Waals surface area contributed by atoms with E-state index in [1.807, 2.05) is 0 Å². The van der Waals surface area contributed by atoms with Crippen LogP contribution in [0.3, 0.4) is 0 Å². The lowest BCUT2D eigenvalue weighted by Crippen LogP contribution is -2.54. The van der Waals surface area contributed by atoms with Crippen LogP contribution in [0, 0.1) is 5.92 Å². The molecule has 0 radical (unpaired) electrons. The average Bonchev–Trinajstić information content (AvgIpc) is 2.06. The van der Waals surface area contributed by atoms with E-state index < -0.39 is 0 Å². The van der Waals surface area contributed by atoms with Crippen LogP contribution in [0.2, 0.25) is 0 Å². The minimum absolute atomic E-state index is 0.0475. The molecule has 0 aliphatic rings. The Hall–Kier alpha value is -0.0800. The van der Waals surface area contributed by atoms with Crippen LogP contribution in [0.4, 0.5) is 0 Å². The highest BCUT2D eigenvalue weighted by Gasteiger charge is 2.38. The zero-order valence-corrected chi connectivity index (χ0v) is 9.96. The van der Waals surface area contributed by atoms with Crippen molar-refractivity contribution in [3.63, 3.8) is 0 Å². The molecule has 13 heavy (non-hydrogen) atoms. The van der Waals surface area contributed by atoms with Gasteiger partial charge in [0.15, 0.2) is 0 Å². The van der Waals surface area contributed by atoms with Crippen LogP contribution in [-0.4, -0.2) is 35.7 Å². The highest BCUT2D eigenvalue weighted by Crippen LogP contribution is 2.29. The zero-order chi connectivity index (χ0) is 10.6. The molecule has 2 heteroatoms. The van der Waals surface area contributed by atoms with Gasteiger partial charge in [0, 0.05) is 5.54 Å². The number of hydrogen-bond donors (Lipinski definition) is 1. The standard InChI is InChI=1S/C11H25NO/c1-7-11(8-2,12(5)6)10(13)9(3)4/h9-10,13H,7-8H2,1-6H3. The molecule has 0 saturated carbocycles. The number of nitrogens with zero attached hydrogens (tertiary/aromatic N) is 1. The number of hydrogen-bond acceptors (Lipinski definition) is 2. The van der Waals surface area contributed by atoms with Gasteiger partial charge in [0.05, 0.1) is 6.10 Å². The second kappa shape index (κ2) is 4.97. The second-order valence-corrected chi connectivity index (χ2v) is 4.39. The summed E-state index contributed by atoms with van der Waals surface area (Å²) in [4.78, 5) is 2.16. The molecule has 0 spiro atoms. The Morgan fingerprint density at radius 3 is 1.62 bits per heavy atom. The fraction of sp³-hybridized carbons (Fsp3) is 1.00. The van der Waals surface area contributed by atoms with E-state index in [1.165, 1.54) is 0 Å². The quantitative estimate of drug-likeness (QED) is 0.712. The van der Waals surface area contributed by atoms with Crippen LogP contribution < -0.4 is 0 Å². The summed E-state index contributed by atoms with van der Waals surface area (Å²) >= 11 is 0.